The van der Waals surface area contributed by atoms with Crippen LogP contribution < -0.4 is 5.56 Å². The number of carboxylic acids is 1. The molecule has 1 atom stereocenters. The first-order chi connectivity index (χ1) is 9.36. The maximum absolute atomic E-state index is 12.5. The number of hydrogen-bond donors (Lipinski definition) is 1. The Hall–Kier alpha value is -2.18. The lowest BCUT2D eigenvalue weighted by Crippen LogP contribution is -2.57. The second-order valence-electron chi connectivity index (χ2n) is 5.17. The van der Waals surface area contributed by atoms with Gasteiger partial charge in [-0.25, -0.2) is 9.48 Å². The van der Waals surface area contributed by atoms with Gasteiger partial charge in [-0.2, -0.15) is 5.10 Å². The Labute approximate surface area is 115 Å². The summed E-state index contributed by atoms with van der Waals surface area (Å²) in [5.74, 6) is -1.47. The summed E-state index contributed by atoms with van der Waals surface area (Å²) >= 11 is 0. The summed E-state index contributed by atoms with van der Waals surface area (Å²) < 4.78 is 1.06. The lowest BCUT2D eigenvalue weighted by Gasteiger charge is -2.41. The van der Waals surface area contributed by atoms with E-state index in [0.29, 0.717) is 13.0 Å². The van der Waals surface area contributed by atoms with Gasteiger partial charge in [-0.05, 0) is 32.3 Å². The number of carbonyl (C=O) groups is 2. The minimum atomic E-state index is -1.22. The molecule has 7 heteroatoms. The molecule has 1 aromatic rings. The molecule has 1 aromatic heterocycles. The van der Waals surface area contributed by atoms with Crippen LogP contribution in [0.2, 0.25) is 0 Å². The van der Waals surface area contributed by atoms with Crippen molar-refractivity contribution < 1.29 is 14.7 Å². The molecular formula is C13H17N3O4. The van der Waals surface area contributed by atoms with E-state index in [0.717, 1.165) is 17.5 Å². The van der Waals surface area contributed by atoms with Crippen LogP contribution in [0.5, 0.6) is 0 Å². The van der Waals surface area contributed by atoms with Crippen LogP contribution in [-0.4, -0.2) is 43.7 Å². The molecule has 0 aromatic carbocycles. The zero-order chi connectivity index (χ0) is 14.9. The van der Waals surface area contributed by atoms with Crippen molar-refractivity contribution in [2.24, 2.45) is 7.05 Å². The summed E-state index contributed by atoms with van der Waals surface area (Å²) in [5, 5.41) is 13.3. The Kier molecular flexibility index (Phi) is 3.61. The van der Waals surface area contributed by atoms with Crippen LogP contribution in [0.1, 0.15) is 36.7 Å². The lowest BCUT2D eigenvalue weighted by molar-refractivity contribution is -0.150. The highest BCUT2D eigenvalue weighted by molar-refractivity contribution is 5.96. The SMILES string of the molecule is Cn1nc(C(=O)N2CCCCC2(C)C(=O)O)ccc1=O. The molecule has 0 bridgehead atoms. The molecule has 1 N–H and O–H groups in total. The van der Waals surface area contributed by atoms with Crippen LogP contribution >= 0.6 is 0 Å². The summed E-state index contributed by atoms with van der Waals surface area (Å²) in [7, 11) is 1.45. The van der Waals surface area contributed by atoms with Crippen molar-refractivity contribution in [2.75, 3.05) is 6.54 Å². The van der Waals surface area contributed by atoms with Crippen LogP contribution in [-0.2, 0) is 11.8 Å². The van der Waals surface area contributed by atoms with E-state index in [9.17, 15) is 19.5 Å². The van der Waals surface area contributed by atoms with Gasteiger partial charge >= 0.3 is 5.97 Å². The predicted octanol–water partition coefficient (Wildman–Crippen LogP) is 0.250. The first-order valence-electron chi connectivity index (χ1n) is 6.46. The highest BCUT2D eigenvalue weighted by Gasteiger charge is 2.44. The Morgan fingerprint density at radius 3 is 2.65 bits per heavy atom. The number of nitrogens with zero attached hydrogens (tertiary/aromatic N) is 3. The molecule has 1 fully saturated rings. The highest BCUT2D eigenvalue weighted by Crippen LogP contribution is 2.29. The minimum Gasteiger partial charge on any atom is -0.480 e. The number of aliphatic carboxylic acids is 1. The molecule has 1 aliphatic rings. The molecule has 108 valence electrons. The fourth-order valence-electron chi connectivity index (χ4n) is 2.42. The van der Waals surface area contributed by atoms with Crippen molar-refractivity contribution in [1.82, 2.24) is 14.7 Å². The third kappa shape index (κ3) is 2.31. The third-order valence-electron chi connectivity index (χ3n) is 3.78. The van der Waals surface area contributed by atoms with Crippen LogP contribution in [0, 0.1) is 0 Å². The largest absolute Gasteiger partial charge is 0.480 e. The quantitative estimate of drug-likeness (QED) is 0.837. The van der Waals surface area contributed by atoms with Crippen molar-refractivity contribution in [3.63, 3.8) is 0 Å². The Balaban J connectivity index is 2.37. The van der Waals surface area contributed by atoms with E-state index in [-0.39, 0.29) is 11.3 Å². The monoisotopic (exact) mass is 279 g/mol. The minimum absolute atomic E-state index is 0.0847. The van der Waals surface area contributed by atoms with Crippen LogP contribution in [0.4, 0.5) is 0 Å². The number of amides is 1. The van der Waals surface area contributed by atoms with E-state index in [4.69, 9.17) is 0 Å². The Morgan fingerprint density at radius 1 is 1.35 bits per heavy atom. The second-order valence-corrected chi connectivity index (χ2v) is 5.17. The van der Waals surface area contributed by atoms with Gasteiger partial charge in [-0.1, -0.05) is 0 Å². The van der Waals surface area contributed by atoms with Crippen molar-refractivity contribution in [2.45, 2.75) is 31.7 Å². The standard InChI is InChI=1S/C13H17N3O4/c1-13(12(19)20)7-3-4-8-16(13)11(18)9-5-6-10(17)15(2)14-9/h5-6H,3-4,7-8H2,1-2H3,(H,19,20). The molecule has 2 rings (SSSR count). The van der Waals surface area contributed by atoms with E-state index < -0.39 is 17.4 Å². The van der Waals surface area contributed by atoms with Crippen LogP contribution in [0.15, 0.2) is 16.9 Å². The van der Waals surface area contributed by atoms with Gasteiger partial charge in [0.2, 0.25) is 0 Å². The molecular weight excluding hydrogens is 262 g/mol. The van der Waals surface area contributed by atoms with Gasteiger partial charge < -0.3 is 10.0 Å². The van der Waals surface area contributed by atoms with Gasteiger partial charge in [0.15, 0.2) is 0 Å². The average molecular weight is 279 g/mol. The van der Waals surface area contributed by atoms with E-state index in [1.807, 2.05) is 0 Å². The van der Waals surface area contributed by atoms with Gasteiger partial charge in [0.1, 0.15) is 11.2 Å². The smallest absolute Gasteiger partial charge is 0.329 e. The first kappa shape index (κ1) is 14.2. The molecule has 0 aliphatic carbocycles. The number of carbonyl (C=O) groups excluding carboxylic acids is 1. The number of aromatic nitrogens is 2. The van der Waals surface area contributed by atoms with E-state index in [1.165, 1.54) is 24.1 Å². The molecule has 7 nitrogen and oxygen atoms in total. The van der Waals surface area contributed by atoms with Crippen LogP contribution in [0.3, 0.4) is 0 Å². The number of hydrogen-bond acceptors (Lipinski definition) is 4. The number of piperidine rings is 1. The number of aryl methyl sites for hydroxylation is 1. The third-order valence-corrected chi connectivity index (χ3v) is 3.78. The lowest BCUT2D eigenvalue weighted by atomic mass is 9.88. The zero-order valence-corrected chi connectivity index (χ0v) is 11.5. The van der Waals surface area contributed by atoms with Crippen molar-refractivity contribution in [3.05, 3.63) is 28.2 Å². The van der Waals surface area contributed by atoms with Crippen molar-refractivity contribution in [1.29, 1.82) is 0 Å². The Bertz CT molecular complexity index is 610. The topological polar surface area (TPSA) is 92.5 Å². The fraction of sp³-hybridized carbons (Fsp3) is 0.538. The summed E-state index contributed by atoms with van der Waals surface area (Å²) in [6.45, 7) is 1.93. The van der Waals surface area contributed by atoms with Crippen molar-refractivity contribution in [3.8, 4) is 0 Å². The molecule has 1 saturated heterocycles. The number of carboxylic acid groups (broad SMARTS) is 1. The maximum Gasteiger partial charge on any atom is 0.329 e. The molecule has 0 radical (unpaired) electrons. The molecule has 1 amide bonds. The molecule has 2 heterocycles. The number of rotatable bonds is 2. The van der Waals surface area contributed by atoms with Gasteiger partial charge in [-0.3, -0.25) is 9.59 Å². The summed E-state index contributed by atoms with van der Waals surface area (Å²) in [5.41, 5.74) is -1.45. The van der Waals surface area contributed by atoms with Gasteiger partial charge in [0.25, 0.3) is 11.5 Å². The molecule has 0 spiro atoms. The fourth-order valence-corrected chi connectivity index (χ4v) is 2.42. The molecule has 0 saturated carbocycles. The normalized spacial score (nSPS) is 22.6. The van der Waals surface area contributed by atoms with Gasteiger partial charge in [-0.15, -0.1) is 0 Å². The predicted molar refractivity (Wildman–Crippen MR) is 70.4 cm³/mol. The molecule has 1 aliphatic heterocycles. The van der Waals surface area contributed by atoms with Gasteiger partial charge in [0.05, 0.1) is 0 Å². The summed E-state index contributed by atoms with van der Waals surface area (Å²) in [6.07, 6.45) is 1.95. The maximum atomic E-state index is 12.5. The molecule has 1 unspecified atom stereocenters. The van der Waals surface area contributed by atoms with E-state index >= 15 is 0 Å². The summed E-state index contributed by atoms with van der Waals surface area (Å²) in [6, 6.07) is 2.59. The first-order valence-corrected chi connectivity index (χ1v) is 6.46. The average Bonchev–Trinajstić information content (AvgIpc) is 2.41. The van der Waals surface area contributed by atoms with Gasteiger partial charge in [0, 0.05) is 19.7 Å². The van der Waals surface area contributed by atoms with Crippen molar-refractivity contribution >= 4 is 11.9 Å². The second kappa shape index (κ2) is 5.07. The van der Waals surface area contributed by atoms with E-state index in [2.05, 4.69) is 5.10 Å². The molecule has 20 heavy (non-hydrogen) atoms. The van der Waals surface area contributed by atoms with E-state index in [1.54, 1.807) is 6.92 Å². The highest BCUT2D eigenvalue weighted by atomic mass is 16.4. The van der Waals surface area contributed by atoms with Crippen LogP contribution in [0.25, 0.3) is 0 Å². The Morgan fingerprint density at radius 2 is 2.05 bits per heavy atom. The number of likely N-dealkylation sites (tertiary alicyclic amines) is 1. The zero-order valence-electron chi connectivity index (χ0n) is 11.5. The summed E-state index contributed by atoms with van der Waals surface area (Å²) in [4.78, 5) is 36.6.